The third-order valence-electron chi connectivity index (χ3n) is 1.40. The van der Waals surface area contributed by atoms with Crippen LogP contribution in [0.2, 0.25) is 0 Å². The lowest BCUT2D eigenvalue weighted by atomic mass is 10.1. The van der Waals surface area contributed by atoms with E-state index in [1.807, 2.05) is 20.8 Å². The number of hydrogen-bond donors (Lipinski definition) is 1. The van der Waals surface area contributed by atoms with Crippen molar-refractivity contribution in [3.8, 4) is 0 Å². The molecule has 0 saturated heterocycles. The van der Waals surface area contributed by atoms with E-state index in [1.54, 1.807) is 0 Å². The molecule has 1 N–H and O–H groups in total. The molecule has 0 rings (SSSR count). The number of allylic oxidation sites excluding steroid dienone is 3. The van der Waals surface area contributed by atoms with Gasteiger partial charge >= 0.3 is 0 Å². The van der Waals surface area contributed by atoms with E-state index in [2.05, 4.69) is 6.08 Å². The zero-order valence-electron chi connectivity index (χ0n) is 9.52. The second-order valence-corrected chi connectivity index (χ2v) is 2.94. The summed E-state index contributed by atoms with van der Waals surface area (Å²) in [5.41, 5.74) is 2.14. The summed E-state index contributed by atoms with van der Waals surface area (Å²) in [6.45, 7) is 3.72. The quantitative estimate of drug-likeness (QED) is 0.624. The average molecular weight is 158 g/mol. The molecule has 1 nitrogen and oxygen atoms in total. The van der Waals surface area contributed by atoms with Gasteiger partial charge in [-0.15, -0.1) is 0 Å². The zero-order valence-corrected chi connectivity index (χ0v) is 7.52. The first-order chi connectivity index (χ1) is 5.81. The molecule has 0 saturated carbocycles. The van der Waals surface area contributed by atoms with Crippen LogP contribution in [0.15, 0.2) is 23.3 Å². The van der Waals surface area contributed by atoms with Crippen LogP contribution in [0.4, 0.5) is 0 Å². The molecule has 0 unspecified atom stereocenters. The van der Waals surface area contributed by atoms with Gasteiger partial charge in [-0.1, -0.05) is 23.3 Å². The molecule has 0 aliphatic rings. The highest BCUT2D eigenvalue weighted by Crippen LogP contribution is 2.05. The van der Waals surface area contributed by atoms with Gasteiger partial charge in [-0.3, -0.25) is 0 Å². The van der Waals surface area contributed by atoms with Crippen molar-refractivity contribution in [1.82, 2.24) is 0 Å². The van der Waals surface area contributed by atoms with Gasteiger partial charge in [-0.2, -0.15) is 0 Å². The Morgan fingerprint density at radius 3 is 2.45 bits per heavy atom. The number of hydrogen-bond acceptors (Lipinski definition) is 1. The van der Waals surface area contributed by atoms with Crippen LogP contribution in [0.25, 0.3) is 0 Å². The minimum Gasteiger partial charge on any atom is -0.392 e. The van der Waals surface area contributed by atoms with Crippen LogP contribution >= 0.6 is 0 Å². The summed E-state index contributed by atoms with van der Waals surface area (Å²) in [4.78, 5) is 0. The van der Waals surface area contributed by atoms with Crippen molar-refractivity contribution >= 4 is 0 Å². The lowest BCUT2D eigenvalue weighted by Gasteiger charge is -1.96. The van der Waals surface area contributed by atoms with E-state index < -0.39 is 6.56 Å². The summed E-state index contributed by atoms with van der Waals surface area (Å²) in [6, 6.07) is 0. The Morgan fingerprint density at radius 1 is 1.36 bits per heavy atom. The molecular weight excluding hydrogens is 136 g/mol. The topological polar surface area (TPSA) is 20.2 Å². The summed E-state index contributed by atoms with van der Waals surface area (Å²) in [5, 5.41) is 8.84. The van der Waals surface area contributed by atoms with Crippen LogP contribution in [-0.2, 0) is 0 Å². The predicted octanol–water partition coefficient (Wildman–Crippen LogP) is 2.67. The molecule has 0 aromatic carbocycles. The summed E-state index contributed by atoms with van der Waals surface area (Å²) >= 11 is 0. The molecule has 0 aromatic rings. The largest absolute Gasteiger partial charge is 0.392 e. The highest BCUT2D eigenvalue weighted by molar-refractivity contribution is 5.01. The van der Waals surface area contributed by atoms with Crippen molar-refractivity contribution < 1.29 is 7.85 Å². The van der Waals surface area contributed by atoms with Crippen molar-refractivity contribution in [3.63, 3.8) is 0 Å². The normalized spacial score (nSPS) is 15.5. The van der Waals surface area contributed by atoms with Crippen molar-refractivity contribution in [2.75, 3.05) is 6.56 Å². The van der Waals surface area contributed by atoms with Gasteiger partial charge in [0.15, 0.2) is 0 Å². The van der Waals surface area contributed by atoms with E-state index in [0.29, 0.717) is 0 Å². The van der Waals surface area contributed by atoms with Crippen LogP contribution in [0.1, 0.15) is 36.4 Å². The average Bonchev–Trinajstić information content (AvgIpc) is 1.81. The van der Waals surface area contributed by atoms with E-state index in [4.69, 9.17) is 7.85 Å². The molecule has 0 aromatic heterocycles. The van der Waals surface area contributed by atoms with Crippen LogP contribution < -0.4 is 0 Å². The van der Waals surface area contributed by atoms with Crippen molar-refractivity contribution in [1.29, 1.82) is 0 Å². The van der Waals surface area contributed by atoms with Crippen LogP contribution in [0, 0.1) is 0 Å². The highest BCUT2D eigenvalue weighted by Gasteiger charge is 1.86. The summed E-state index contributed by atoms with van der Waals surface area (Å²) < 4.78 is 13.8. The van der Waals surface area contributed by atoms with Crippen LogP contribution in [0.5, 0.6) is 0 Å². The van der Waals surface area contributed by atoms with E-state index in [-0.39, 0.29) is 0 Å². The van der Waals surface area contributed by atoms with Crippen LogP contribution in [-0.4, -0.2) is 11.7 Å². The van der Waals surface area contributed by atoms with E-state index in [1.165, 1.54) is 11.6 Å². The Balaban J connectivity index is 3.95. The minimum atomic E-state index is -2.17. The molecule has 0 fully saturated rings. The first-order valence-corrected chi connectivity index (χ1v) is 3.85. The SMILES string of the molecule is [3H]C([3H])(O)/C=C(\C)CCC=C(C)C. The van der Waals surface area contributed by atoms with Gasteiger partial charge in [0.1, 0.15) is 0 Å². The lowest BCUT2D eigenvalue weighted by Crippen LogP contribution is -1.80. The minimum absolute atomic E-state index is 0.797. The molecule has 0 amide bonds. The molecule has 11 heavy (non-hydrogen) atoms. The third kappa shape index (κ3) is 7.34. The fourth-order valence-electron chi connectivity index (χ4n) is 0.771. The molecular formula is C10H18O. The maximum absolute atomic E-state index is 8.84. The number of rotatable bonds is 4. The Bertz CT molecular complexity index is 207. The number of aliphatic hydroxyl groups is 1. The summed E-state index contributed by atoms with van der Waals surface area (Å²) in [6.07, 6.45) is 5.06. The zero-order chi connectivity index (χ0) is 10.5. The molecule has 64 valence electrons. The molecule has 0 radical (unpaired) electrons. The Labute approximate surface area is 72.2 Å². The standard InChI is InChI=1S/C10H18O/c1-9(2)5-4-6-10(3)7-8-11/h5,7,11H,4,6,8H2,1-3H3/b10-7+/i8T2. The molecule has 1 heteroatoms. The summed E-state index contributed by atoms with van der Waals surface area (Å²) in [5.74, 6) is 0. The van der Waals surface area contributed by atoms with Gasteiger partial charge in [-0.25, -0.2) is 0 Å². The van der Waals surface area contributed by atoms with Gasteiger partial charge in [0.2, 0.25) is 0 Å². The van der Waals surface area contributed by atoms with Gasteiger partial charge in [-0.05, 0) is 33.6 Å². The Kier molecular flexibility index (Phi) is 3.99. The van der Waals surface area contributed by atoms with Gasteiger partial charge in [0, 0.05) is 0 Å². The molecule has 0 aliphatic heterocycles. The predicted molar refractivity (Wildman–Crippen MR) is 49.5 cm³/mol. The monoisotopic (exact) mass is 158 g/mol. The first-order valence-electron chi connectivity index (χ1n) is 4.85. The van der Waals surface area contributed by atoms with E-state index in [0.717, 1.165) is 18.4 Å². The van der Waals surface area contributed by atoms with Crippen molar-refractivity contribution in [3.05, 3.63) is 23.3 Å². The second-order valence-electron chi connectivity index (χ2n) is 2.94. The van der Waals surface area contributed by atoms with Crippen LogP contribution in [0.3, 0.4) is 0 Å². The van der Waals surface area contributed by atoms with E-state index >= 15 is 0 Å². The third-order valence-corrected chi connectivity index (χ3v) is 1.40. The highest BCUT2D eigenvalue weighted by atomic mass is 16.2. The lowest BCUT2D eigenvalue weighted by molar-refractivity contribution is 0.341. The first kappa shape index (κ1) is 7.11. The van der Waals surface area contributed by atoms with Gasteiger partial charge in [0.05, 0.1) is 9.30 Å². The van der Waals surface area contributed by atoms with Gasteiger partial charge in [0.25, 0.3) is 0 Å². The molecule has 0 aliphatic carbocycles. The molecule has 0 atom stereocenters. The van der Waals surface area contributed by atoms with Crippen molar-refractivity contribution in [2.24, 2.45) is 0 Å². The second kappa shape index (κ2) is 6.17. The summed E-state index contributed by atoms with van der Waals surface area (Å²) in [7, 11) is 0. The fraction of sp³-hybridized carbons (Fsp3) is 0.600. The maximum atomic E-state index is 8.84. The molecule has 0 heterocycles. The molecule has 0 bridgehead atoms. The van der Waals surface area contributed by atoms with E-state index in [9.17, 15) is 0 Å². The maximum Gasteiger partial charge on any atom is 0.0614 e. The molecule has 0 spiro atoms. The Morgan fingerprint density at radius 2 is 2.00 bits per heavy atom. The van der Waals surface area contributed by atoms with Gasteiger partial charge < -0.3 is 5.11 Å². The smallest absolute Gasteiger partial charge is 0.0614 e. The fourth-order valence-corrected chi connectivity index (χ4v) is 0.771. The van der Waals surface area contributed by atoms with Crippen molar-refractivity contribution in [2.45, 2.75) is 33.6 Å². The Hall–Kier alpha value is -0.560.